The molecule has 6 heteroatoms. The highest BCUT2D eigenvalue weighted by molar-refractivity contribution is 6.42. The van der Waals surface area contributed by atoms with Crippen molar-refractivity contribution in [3.63, 3.8) is 0 Å². The molecule has 0 saturated heterocycles. The van der Waals surface area contributed by atoms with Crippen molar-refractivity contribution in [2.75, 3.05) is 0 Å². The maximum Gasteiger partial charge on any atom is 0.269 e. The summed E-state index contributed by atoms with van der Waals surface area (Å²) in [4.78, 5) is 10.2. The average molecular weight is 321 g/mol. The van der Waals surface area contributed by atoms with Gasteiger partial charge in [0.15, 0.2) is 0 Å². The highest BCUT2D eigenvalue weighted by Crippen LogP contribution is 2.28. The zero-order valence-electron chi connectivity index (χ0n) is 10.8. The van der Waals surface area contributed by atoms with Crippen molar-refractivity contribution in [2.45, 2.75) is 12.3 Å². The predicted octanol–water partition coefficient (Wildman–Crippen LogP) is 4.75. The van der Waals surface area contributed by atoms with Crippen molar-refractivity contribution in [3.05, 3.63) is 73.8 Å². The minimum Gasteiger partial charge on any atom is -0.258 e. The van der Waals surface area contributed by atoms with Crippen LogP contribution < -0.4 is 0 Å². The van der Waals surface area contributed by atoms with Crippen LogP contribution in [-0.4, -0.2) is 4.92 Å². The normalized spacial score (nSPS) is 11.7. The van der Waals surface area contributed by atoms with E-state index in [-0.39, 0.29) is 11.6 Å². The van der Waals surface area contributed by atoms with Crippen LogP contribution in [0.5, 0.6) is 0 Å². The van der Waals surface area contributed by atoms with Crippen LogP contribution in [0.3, 0.4) is 0 Å². The van der Waals surface area contributed by atoms with E-state index in [0.717, 1.165) is 11.1 Å². The second-order valence-corrected chi connectivity index (χ2v) is 5.30. The van der Waals surface area contributed by atoms with Gasteiger partial charge in [-0.1, -0.05) is 41.4 Å². The van der Waals surface area contributed by atoms with Gasteiger partial charge in [0.2, 0.25) is 0 Å². The first-order valence-corrected chi connectivity index (χ1v) is 6.84. The third kappa shape index (κ3) is 3.72. The molecule has 0 spiro atoms. The number of nitrogens with zero attached hydrogens (tertiary/aromatic N) is 2. The Balaban J connectivity index is 2.21. The van der Waals surface area contributed by atoms with Gasteiger partial charge in [0, 0.05) is 12.1 Å². The number of nitriles is 1. The molecular formula is C15H10Cl2N2O2. The van der Waals surface area contributed by atoms with Gasteiger partial charge in [-0.3, -0.25) is 10.1 Å². The molecular weight excluding hydrogens is 311 g/mol. The number of benzene rings is 2. The fourth-order valence-electron chi connectivity index (χ4n) is 1.96. The summed E-state index contributed by atoms with van der Waals surface area (Å²) in [6, 6.07) is 13.5. The van der Waals surface area contributed by atoms with Gasteiger partial charge in [-0.2, -0.15) is 5.26 Å². The summed E-state index contributed by atoms with van der Waals surface area (Å²) in [5.41, 5.74) is 1.64. The molecule has 0 saturated carbocycles. The summed E-state index contributed by atoms with van der Waals surface area (Å²) < 4.78 is 0. The molecule has 2 aromatic rings. The summed E-state index contributed by atoms with van der Waals surface area (Å²) in [6.07, 6.45) is 0.451. The summed E-state index contributed by atoms with van der Waals surface area (Å²) >= 11 is 11.8. The molecule has 0 aliphatic heterocycles. The summed E-state index contributed by atoms with van der Waals surface area (Å²) in [7, 11) is 0. The molecule has 4 nitrogen and oxygen atoms in total. The molecule has 0 N–H and O–H groups in total. The molecule has 0 fully saturated rings. The molecule has 0 radical (unpaired) electrons. The van der Waals surface area contributed by atoms with Crippen molar-refractivity contribution in [3.8, 4) is 6.07 Å². The van der Waals surface area contributed by atoms with E-state index in [4.69, 9.17) is 23.2 Å². The lowest BCUT2D eigenvalue weighted by molar-refractivity contribution is -0.384. The number of non-ortho nitro benzene ring substituents is 1. The van der Waals surface area contributed by atoms with E-state index in [0.29, 0.717) is 16.5 Å². The monoisotopic (exact) mass is 320 g/mol. The van der Waals surface area contributed by atoms with Crippen LogP contribution in [0.2, 0.25) is 10.0 Å². The Morgan fingerprint density at radius 1 is 1.14 bits per heavy atom. The molecule has 0 aliphatic carbocycles. The molecule has 106 valence electrons. The molecule has 0 aliphatic rings. The van der Waals surface area contributed by atoms with Crippen LogP contribution in [0.25, 0.3) is 0 Å². The highest BCUT2D eigenvalue weighted by Gasteiger charge is 2.14. The number of hydrogen-bond donors (Lipinski definition) is 0. The highest BCUT2D eigenvalue weighted by atomic mass is 35.5. The van der Waals surface area contributed by atoms with E-state index < -0.39 is 4.92 Å². The molecule has 0 aromatic heterocycles. The SMILES string of the molecule is N#CC(Cc1ccc([N+](=O)[O-])cc1)c1ccc(Cl)c(Cl)c1. The average Bonchev–Trinajstić information content (AvgIpc) is 2.48. The van der Waals surface area contributed by atoms with Crippen LogP contribution in [-0.2, 0) is 6.42 Å². The number of halogens is 2. The zero-order chi connectivity index (χ0) is 15.4. The van der Waals surface area contributed by atoms with Gasteiger partial charge in [0.25, 0.3) is 5.69 Å². The lowest BCUT2D eigenvalue weighted by Crippen LogP contribution is -2.01. The Labute approximate surface area is 131 Å². The van der Waals surface area contributed by atoms with Gasteiger partial charge in [-0.05, 0) is 29.7 Å². The Bertz CT molecular complexity index is 709. The zero-order valence-corrected chi connectivity index (χ0v) is 12.3. The number of rotatable bonds is 4. The second kappa shape index (κ2) is 6.57. The number of nitro groups is 1. The molecule has 1 atom stereocenters. The van der Waals surface area contributed by atoms with Gasteiger partial charge >= 0.3 is 0 Å². The first-order chi connectivity index (χ1) is 10.0. The van der Waals surface area contributed by atoms with E-state index in [2.05, 4.69) is 6.07 Å². The van der Waals surface area contributed by atoms with Crippen LogP contribution in [0.15, 0.2) is 42.5 Å². The van der Waals surface area contributed by atoms with Crippen LogP contribution >= 0.6 is 23.2 Å². The van der Waals surface area contributed by atoms with Crippen molar-refractivity contribution < 1.29 is 4.92 Å². The van der Waals surface area contributed by atoms with Crippen molar-refractivity contribution >= 4 is 28.9 Å². The first-order valence-electron chi connectivity index (χ1n) is 6.09. The lowest BCUT2D eigenvalue weighted by atomic mass is 9.93. The van der Waals surface area contributed by atoms with E-state index >= 15 is 0 Å². The fraction of sp³-hybridized carbons (Fsp3) is 0.133. The topological polar surface area (TPSA) is 66.9 Å². The van der Waals surface area contributed by atoms with Gasteiger partial charge in [0.1, 0.15) is 0 Å². The van der Waals surface area contributed by atoms with Crippen molar-refractivity contribution in [1.82, 2.24) is 0 Å². The van der Waals surface area contributed by atoms with E-state index in [1.807, 2.05) is 0 Å². The molecule has 21 heavy (non-hydrogen) atoms. The number of hydrogen-bond acceptors (Lipinski definition) is 3. The third-order valence-corrected chi connectivity index (χ3v) is 3.83. The Kier molecular flexibility index (Phi) is 4.79. The van der Waals surface area contributed by atoms with E-state index in [1.54, 1.807) is 30.3 Å². The first kappa shape index (κ1) is 15.3. The maximum atomic E-state index is 10.6. The Morgan fingerprint density at radius 2 is 1.81 bits per heavy atom. The standard InChI is InChI=1S/C15H10Cl2N2O2/c16-14-6-3-11(8-15(14)17)12(9-18)7-10-1-4-13(5-2-10)19(20)21/h1-6,8,12H,7H2. The Hall–Kier alpha value is -2.09. The predicted molar refractivity (Wildman–Crippen MR) is 81.6 cm³/mol. The van der Waals surface area contributed by atoms with E-state index in [9.17, 15) is 15.4 Å². The van der Waals surface area contributed by atoms with Crippen LogP contribution in [0.4, 0.5) is 5.69 Å². The lowest BCUT2D eigenvalue weighted by Gasteiger charge is -2.10. The molecule has 2 aromatic carbocycles. The smallest absolute Gasteiger partial charge is 0.258 e. The second-order valence-electron chi connectivity index (χ2n) is 4.48. The molecule has 0 amide bonds. The van der Waals surface area contributed by atoms with Crippen molar-refractivity contribution in [1.29, 1.82) is 5.26 Å². The minimum absolute atomic E-state index is 0.0294. The largest absolute Gasteiger partial charge is 0.269 e. The minimum atomic E-state index is -0.454. The molecule has 0 heterocycles. The molecule has 2 rings (SSSR count). The van der Waals surface area contributed by atoms with Crippen molar-refractivity contribution in [2.24, 2.45) is 0 Å². The maximum absolute atomic E-state index is 10.6. The van der Waals surface area contributed by atoms with Gasteiger partial charge in [-0.25, -0.2) is 0 Å². The van der Waals surface area contributed by atoms with Gasteiger partial charge < -0.3 is 0 Å². The van der Waals surface area contributed by atoms with Crippen LogP contribution in [0.1, 0.15) is 17.0 Å². The summed E-state index contributed by atoms with van der Waals surface area (Å²) in [5, 5.41) is 20.8. The Morgan fingerprint density at radius 3 is 2.33 bits per heavy atom. The molecule has 0 bridgehead atoms. The summed E-state index contributed by atoms with van der Waals surface area (Å²) in [5.74, 6) is -0.388. The third-order valence-electron chi connectivity index (χ3n) is 3.09. The quantitative estimate of drug-likeness (QED) is 0.603. The van der Waals surface area contributed by atoms with Gasteiger partial charge in [0.05, 0.1) is 27.0 Å². The summed E-state index contributed by atoms with van der Waals surface area (Å²) in [6.45, 7) is 0. The fourth-order valence-corrected chi connectivity index (χ4v) is 2.26. The van der Waals surface area contributed by atoms with E-state index in [1.165, 1.54) is 12.1 Å². The number of nitro benzene ring substituents is 1. The molecule has 1 unspecified atom stereocenters. The van der Waals surface area contributed by atoms with Gasteiger partial charge in [-0.15, -0.1) is 0 Å². The van der Waals surface area contributed by atoms with Crippen LogP contribution in [0, 0.1) is 21.4 Å².